The lowest BCUT2D eigenvalue weighted by atomic mass is 9.88. The quantitative estimate of drug-likeness (QED) is 0.850. The number of nitrogens with one attached hydrogen (secondary N) is 1. The molecule has 0 amide bonds. The number of rotatable bonds is 2. The highest BCUT2D eigenvalue weighted by atomic mass is 16.1. The van der Waals surface area contributed by atoms with Crippen molar-refractivity contribution in [3.8, 4) is 0 Å². The Morgan fingerprint density at radius 1 is 1.17 bits per heavy atom. The van der Waals surface area contributed by atoms with Crippen LogP contribution in [-0.4, -0.2) is 10.8 Å². The smallest absolute Gasteiger partial charge is 0.130 e. The molecule has 0 bridgehead atoms. The van der Waals surface area contributed by atoms with Gasteiger partial charge in [0.2, 0.25) is 0 Å². The highest BCUT2D eigenvalue weighted by molar-refractivity contribution is 5.80. The predicted octanol–water partition coefficient (Wildman–Crippen LogP) is 3.61. The highest BCUT2D eigenvalue weighted by Crippen LogP contribution is 2.35. The van der Waals surface area contributed by atoms with Crippen molar-refractivity contribution in [2.24, 2.45) is 0 Å². The van der Waals surface area contributed by atoms with Gasteiger partial charge in [0.25, 0.3) is 0 Å². The molecule has 1 atom stereocenters. The Hall–Kier alpha value is -2.09. The van der Waals surface area contributed by atoms with Crippen molar-refractivity contribution in [2.75, 3.05) is 0 Å². The molecule has 90 valence electrons. The standard InChI is InChI=1S/C16H15NO/c1-11(18)10-15-14-5-3-2-4-12(14)6-7-13-8-9-17-16(13)15/h2-9,15,17H,10H2,1H3/t15-/m1/s1. The number of Topliss-reactive ketones (excluding diaryl/α,β-unsaturated/α-hetero) is 1. The first kappa shape index (κ1) is 11.0. The summed E-state index contributed by atoms with van der Waals surface area (Å²) in [6.07, 6.45) is 6.73. The summed E-state index contributed by atoms with van der Waals surface area (Å²) in [5.74, 6) is 0.357. The molecule has 0 unspecified atom stereocenters. The summed E-state index contributed by atoms with van der Waals surface area (Å²) in [4.78, 5) is 14.8. The molecule has 2 heteroatoms. The minimum Gasteiger partial charge on any atom is -0.364 e. The Morgan fingerprint density at radius 2 is 1.94 bits per heavy atom. The van der Waals surface area contributed by atoms with Gasteiger partial charge in [-0.3, -0.25) is 4.79 Å². The van der Waals surface area contributed by atoms with Crippen LogP contribution in [0.1, 0.15) is 41.6 Å². The van der Waals surface area contributed by atoms with Crippen molar-refractivity contribution >= 4 is 17.9 Å². The molecule has 1 aromatic carbocycles. The maximum Gasteiger partial charge on any atom is 0.130 e. The lowest BCUT2D eigenvalue weighted by Gasteiger charge is -2.17. The molecule has 1 aliphatic rings. The third-order valence-corrected chi connectivity index (χ3v) is 3.47. The molecule has 1 aromatic heterocycles. The van der Waals surface area contributed by atoms with Crippen molar-refractivity contribution in [3.05, 3.63) is 58.9 Å². The Kier molecular flexibility index (Phi) is 2.63. The molecule has 0 aliphatic heterocycles. The van der Waals surface area contributed by atoms with E-state index in [2.05, 4.69) is 35.3 Å². The molecule has 18 heavy (non-hydrogen) atoms. The van der Waals surface area contributed by atoms with Crippen molar-refractivity contribution in [2.45, 2.75) is 19.3 Å². The summed E-state index contributed by atoms with van der Waals surface area (Å²) < 4.78 is 0. The average Bonchev–Trinajstić information content (AvgIpc) is 2.77. The second kappa shape index (κ2) is 4.30. The van der Waals surface area contributed by atoms with E-state index in [4.69, 9.17) is 0 Å². The van der Waals surface area contributed by atoms with Crippen LogP contribution >= 0.6 is 0 Å². The van der Waals surface area contributed by atoms with Crippen LogP contribution in [0, 0.1) is 0 Å². The van der Waals surface area contributed by atoms with E-state index in [1.807, 2.05) is 18.3 Å². The normalized spacial score (nSPS) is 16.8. The summed E-state index contributed by atoms with van der Waals surface area (Å²) in [6, 6.07) is 10.3. The average molecular weight is 237 g/mol. The van der Waals surface area contributed by atoms with Crippen LogP contribution in [0.2, 0.25) is 0 Å². The number of aromatic nitrogens is 1. The minimum atomic E-state index is 0.138. The number of hydrogen-bond acceptors (Lipinski definition) is 1. The van der Waals surface area contributed by atoms with Gasteiger partial charge in [-0.2, -0.15) is 0 Å². The fourth-order valence-corrected chi connectivity index (χ4v) is 2.66. The SMILES string of the molecule is CC(=O)C[C@@H]1c2ccccc2C=Cc2cc[nH]c21. The van der Waals surface area contributed by atoms with Crippen molar-refractivity contribution in [1.29, 1.82) is 0 Å². The van der Waals surface area contributed by atoms with Crippen LogP contribution in [0.4, 0.5) is 0 Å². The molecular weight excluding hydrogens is 222 g/mol. The first-order chi connectivity index (χ1) is 8.75. The second-order valence-electron chi connectivity index (χ2n) is 4.77. The monoisotopic (exact) mass is 237 g/mol. The van der Waals surface area contributed by atoms with Gasteiger partial charge in [0, 0.05) is 24.2 Å². The Balaban J connectivity index is 2.18. The number of aromatic amines is 1. The van der Waals surface area contributed by atoms with E-state index in [1.165, 1.54) is 16.7 Å². The van der Waals surface area contributed by atoms with E-state index in [-0.39, 0.29) is 11.7 Å². The van der Waals surface area contributed by atoms with E-state index in [0.717, 1.165) is 5.69 Å². The largest absolute Gasteiger partial charge is 0.364 e. The van der Waals surface area contributed by atoms with E-state index >= 15 is 0 Å². The van der Waals surface area contributed by atoms with Crippen molar-refractivity contribution < 1.29 is 4.79 Å². The van der Waals surface area contributed by atoms with Crippen LogP contribution in [-0.2, 0) is 4.79 Å². The van der Waals surface area contributed by atoms with Gasteiger partial charge >= 0.3 is 0 Å². The second-order valence-corrected chi connectivity index (χ2v) is 4.77. The van der Waals surface area contributed by atoms with Crippen LogP contribution in [0.15, 0.2) is 36.5 Å². The van der Waals surface area contributed by atoms with Gasteiger partial charge in [-0.25, -0.2) is 0 Å². The van der Waals surface area contributed by atoms with Gasteiger partial charge in [-0.1, -0.05) is 36.4 Å². The fourth-order valence-electron chi connectivity index (χ4n) is 2.66. The summed E-state index contributed by atoms with van der Waals surface area (Å²) in [6.45, 7) is 1.66. The Labute approximate surface area is 106 Å². The van der Waals surface area contributed by atoms with E-state index in [0.29, 0.717) is 6.42 Å². The molecule has 0 saturated heterocycles. The van der Waals surface area contributed by atoms with Gasteiger partial charge in [0.05, 0.1) is 0 Å². The number of carbonyl (C=O) groups excluding carboxylic acids is 1. The maximum atomic E-state index is 11.5. The maximum absolute atomic E-state index is 11.5. The molecule has 1 aliphatic carbocycles. The van der Waals surface area contributed by atoms with Crippen LogP contribution in [0.25, 0.3) is 12.2 Å². The van der Waals surface area contributed by atoms with Gasteiger partial charge < -0.3 is 4.98 Å². The Morgan fingerprint density at radius 3 is 2.78 bits per heavy atom. The zero-order chi connectivity index (χ0) is 12.5. The first-order valence-electron chi connectivity index (χ1n) is 6.19. The molecule has 2 aromatic rings. The lowest BCUT2D eigenvalue weighted by Crippen LogP contribution is -2.08. The summed E-state index contributed by atoms with van der Waals surface area (Å²) in [5, 5.41) is 0. The summed E-state index contributed by atoms with van der Waals surface area (Å²) in [7, 11) is 0. The van der Waals surface area contributed by atoms with Crippen molar-refractivity contribution in [3.63, 3.8) is 0 Å². The topological polar surface area (TPSA) is 32.9 Å². The molecule has 0 spiro atoms. The molecule has 0 saturated carbocycles. The van der Waals surface area contributed by atoms with Crippen LogP contribution in [0.5, 0.6) is 0 Å². The number of ketones is 1. The molecule has 0 fully saturated rings. The zero-order valence-electron chi connectivity index (χ0n) is 10.3. The number of carbonyl (C=O) groups is 1. The van der Waals surface area contributed by atoms with Crippen molar-refractivity contribution in [1.82, 2.24) is 4.98 Å². The molecular formula is C16H15NO. The zero-order valence-corrected chi connectivity index (χ0v) is 10.3. The lowest BCUT2D eigenvalue weighted by molar-refractivity contribution is -0.117. The molecule has 3 rings (SSSR count). The van der Waals surface area contributed by atoms with Crippen LogP contribution < -0.4 is 0 Å². The first-order valence-corrected chi connectivity index (χ1v) is 6.19. The van der Waals surface area contributed by atoms with Gasteiger partial charge in [-0.05, 0) is 29.7 Å². The third-order valence-electron chi connectivity index (χ3n) is 3.47. The number of H-pyrrole nitrogens is 1. The summed E-state index contributed by atoms with van der Waals surface area (Å²) in [5.41, 5.74) is 4.75. The molecule has 0 radical (unpaired) electrons. The van der Waals surface area contributed by atoms with Crippen LogP contribution in [0.3, 0.4) is 0 Å². The highest BCUT2D eigenvalue weighted by Gasteiger charge is 2.23. The van der Waals surface area contributed by atoms with E-state index < -0.39 is 0 Å². The fraction of sp³-hybridized carbons (Fsp3) is 0.188. The molecule has 2 nitrogen and oxygen atoms in total. The Bertz CT molecular complexity index is 622. The molecule has 1 N–H and O–H groups in total. The number of fused-ring (bicyclic) bond motifs is 2. The minimum absolute atomic E-state index is 0.138. The van der Waals surface area contributed by atoms with E-state index in [9.17, 15) is 4.79 Å². The number of benzene rings is 1. The summed E-state index contributed by atoms with van der Waals surface area (Å²) >= 11 is 0. The van der Waals surface area contributed by atoms with Gasteiger partial charge in [0.1, 0.15) is 5.78 Å². The third kappa shape index (κ3) is 1.80. The van der Waals surface area contributed by atoms with Gasteiger partial charge in [-0.15, -0.1) is 0 Å². The van der Waals surface area contributed by atoms with E-state index in [1.54, 1.807) is 6.92 Å². The number of hydrogen-bond donors (Lipinski definition) is 1. The predicted molar refractivity (Wildman–Crippen MR) is 73.3 cm³/mol. The van der Waals surface area contributed by atoms with Gasteiger partial charge in [0.15, 0.2) is 0 Å². The molecule has 1 heterocycles.